The Morgan fingerprint density at radius 2 is 2.33 bits per heavy atom. The number of nitrogens with one attached hydrogen (secondary N) is 2. The van der Waals surface area contributed by atoms with Crippen molar-refractivity contribution in [2.75, 3.05) is 25.1 Å². The van der Waals surface area contributed by atoms with E-state index in [4.69, 9.17) is 4.74 Å². The van der Waals surface area contributed by atoms with Gasteiger partial charge in [0.15, 0.2) is 11.6 Å². The second-order valence-corrected chi connectivity index (χ2v) is 4.08. The molecule has 98 valence electrons. The molecule has 1 saturated heterocycles. The van der Waals surface area contributed by atoms with E-state index >= 15 is 0 Å². The molecule has 0 aromatic heterocycles. The number of benzene rings is 1. The molecule has 0 saturated carbocycles. The van der Waals surface area contributed by atoms with Crippen LogP contribution in [0.2, 0.25) is 0 Å². The third-order valence-corrected chi connectivity index (χ3v) is 2.66. The summed E-state index contributed by atoms with van der Waals surface area (Å²) in [5.74, 6) is -2.40. The Bertz CT molecular complexity index is 434. The number of halogens is 2. The van der Waals surface area contributed by atoms with E-state index in [9.17, 15) is 13.6 Å². The van der Waals surface area contributed by atoms with Gasteiger partial charge in [0.05, 0.1) is 18.9 Å². The van der Waals surface area contributed by atoms with E-state index in [1.165, 1.54) is 12.1 Å². The summed E-state index contributed by atoms with van der Waals surface area (Å²) >= 11 is 0. The van der Waals surface area contributed by atoms with Gasteiger partial charge in [0.25, 0.3) is 0 Å². The molecule has 0 bridgehead atoms. The van der Waals surface area contributed by atoms with Crippen molar-refractivity contribution >= 4 is 11.6 Å². The summed E-state index contributed by atoms with van der Waals surface area (Å²) in [6, 6.07) is 3.58. The zero-order chi connectivity index (χ0) is 13.0. The highest BCUT2D eigenvalue weighted by molar-refractivity contribution is 5.91. The highest BCUT2D eigenvalue weighted by Gasteiger charge is 2.18. The van der Waals surface area contributed by atoms with Crippen molar-refractivity contribution in [3.63, 3.8) is 0 Å². The maximum Gasteiger partial charge on any atom is 0.226 e. The Balaban J connectivity index is 1.92. The van der Waals surface area contributed by atoms with Crippen LogP contribution in [-0.4, -0.2) is 31.7 Å². The van der Waals surface area contributed by atoms with Gasteiger partial charge in [-0.25, -0.2) is 8.78 Å². The molecule has 1 aliphatic heterocycles. The molecule has 0 radical (unpaired) electrons. The molecule has 1 fully saturated rings. The zero-order valence-electron chi connectivity index (χ0n) is 9.71. The number of amides is 1. The van der Waals surface area contributed by atoms with E-state index in [1.54, 1.807) is 0 Å². The average molecular weight is 256 g/mol. The van der Waals surface area contributed by atoms with Crippen LogP contribution < -0.4 is 10.6 Å². The van der Waals surface area contributed by atoms with Crippen LogP contribution in [0.5, 0.6) is 0 Å². The fourth-order valence-corrected chi connectivity index (χ4v) is 1.78. The largest absolute Gasteiger partial charge is 0.378 e. The minimum Gasteiger partial charge on any atom is -0.378 e. The fraction of sp³-hybridized carbons (Fsp3) is 0.417. The maximum absolute atomic E-state index is 13.3. The van der Waals surface area contributed by atoms with E-state index in [0.29, 0.717) is 19.8 Å². The summed E-state index contributed by atoms with van der Waals surface area (Å²) in [6.07, 6.45) is 0.163. The molecular weight excluding hydrogens is 242 g/mol. The van der Waals surface area contributed by atoms with Crippen molar-refractivity contribution in [1.29, 1.82) is 0 Å². The van der Waals surface area contributed by atoms with Crippen molar-refractivity contribution in [3.8, 4) is 0 Å². The topological polar surface area (TPSA) is 50.4 Å². The third kappa shape index (κ3) is 3.24. The van der Waals surface area contributed by atoms with Crippen LogP contribution in [0.1, 0.15) is 6.42 Å². The number of hydrogen-bond donors (Lipinski definition) is 2. The van der Waals surface area contributed by atoms with Gasteiger partial charge in [-0.15, -0.1) is 0 Å². The van der Waals surface area contributed by atoms with Gasteiger partial charge >= 0.3 is 0 Å². The SMILES string of the molecule is O=C(CC1COCCN1)Nc1cccc(F)c1F. The highest BCUT2D eigenvalue weighted by Crippen LogP contribution is 2.16. The van der Waals surface area contributed by atoms with Gasteiger partial charge in [0, 0.05) is 19.0 Å². The molecule has 1 amide bonds. The monoisotopic (exact) mass is 256 g/mol. The Kier molecular flexibility index (Phi) is 4.22. The Labute approximate surface area is 103 Å². The lowest BCUT2D eigenvalue weighted by Crippen LogP contribution is -2.43. The fourth-order valence-electron chi connectivity index (χ4n) is 1.78. The van der Waals surface area contributed by atoms with Gasteiger partial charge in [0.1, 0.15) is 0 Å². The molecule has 0 aliphatic carbocycles. The van der Waals surface area contributed by atoms with E-state index in [-0.39, 0.29) is 24.1 Å². The normalized spacial score (nSPS) is 19.6. The lowest BCUT2D eigenvalue weighted by Gasteiger charge is -2.23. The molecule has 0 spiro atoms. The molecule has 1 heterocycles. The first-order valence-electron chi connectivity index (χ1n) is 5.72. The molecule has 1 aromatic carbocycles. The van der Waals surface area contributed by atoms with Crippen molar-refractivity contribution in [1.82, 2.24) is 5.32 Å². The summed E-state index contributed by atoms with van der Waals surface area (Å²) in [6.45, 7) is 1.75. The maximum atomic E-state index is 13.3. The summed E-state index contributed by atoms with van der Waals surface area (Å²) in [7, 11) is 0. The van der Waals surface area contributed by atoms with Gasteiger partial charge in [-0.1, -0.05) is 6.07 Å². The van der Waals surface area contributed by atoms with Gasteiger partial charge in [-0.3, -0.25) is 4.79 Å². The van der Waals surface area contributed by atoms with Crippen LogP contribution in [0.3, 0.4) is 0 Å². The molecule has 1 atom stereocenters. The zero-order valence-corrected chi connectivity index (χ0v) is 9.71. The second-order valence-electron chi connectivity index (χ2n) is 4.08. The lowest BCUT2D eigenvalue weighted by molar-refractivity contribution is -0.117. The lowest BCUT2D eigenvalue weighted by atomic mass is 10.2. The minimum atomic E-state index is -1.04. The quantitative estimate of drug-likeness (QED) is 0.856. The molecule has 1 unspecified atom stereocenters. The molecular formula is C12H14F2N2O2. The number of carbonyl (C=O) groups is 1. The number of morpholine rings is 1. The molecule has 4 nitrogen and oxygen atoms in total. The highest BCUT2D eigenvalue weighted by atomic mass is 19.2. The Morgan fingerprint density at radius 3 is 3.06 bits per heavy atom. The molecule has 18 heavy (non-hydrogen) atoms. The number of carbonyl (C=O) groups excluding carboxylic acids is 1. The molecule has 2 rings (SSSR count). The van der Waals surface area contributed by atoms with Crippen LogP contribution in [0, 0.1) is 11.6 Å². The smallest absolute Gasteiger partial charge is 0.226 e. The van der Waals surface area contributed by atoms with E-state index < -0.39 is 11.6 Å². The van der Waals surface area contributed by atoms with Crippen molar-refractivity contribution in [3.05, 3.63) is 29.8 Å². The summed E-state index contributed by atoms with van der Waals surface area (Å²) in [4.78, 5) is 11.6. The van der Waals surface area contributed by atoms with Gasteiger partial charge in [-0.2, -0.15) is 0 Å². The van der Waals surface area contributed by atoms with Crippen LogP contribution in [0.15, 0.2) is 18.2 Å². The van der Waals surface area contributed by atoms with Crippen LogP contribution in [-0.2, 0) is 9.53 Å². The van der Waals surface area contributed by atoms with Crippen LogP contribution in [0.25, 0.3) is 0 Å². The van der Waals surface area contributed by atoms with Crippen molar-refractivity contribution in [2.45, 2.75) is 12.5 Å². The molecule has 1 aliphatic rings. The van der Waals surface area contributed by atoms with Gasteiger partial charge < -0.3 is 15.4 Å². The van der Waals surface area contributed by atoms with Crippen molar-refractivity contribution in [2.24, 2.45) is 0 Å². The average Bonchev–Trinajstić information content (AvgIpc) is 2.36. The molecule has 6 heteroatoms. The summed E-state index contributed by atoms with van der Waals surface area (Å²) in [5.41, 5.74) is -0.142. The minimum absolute atomic E-state index is 0.0876. The Hall–Kier alpha value is -1.53. The van der Waals surface area contributed by atoms with E-state index in [1.807, 2.05) is 0 Å². The van der Waals surface area contributed by atoms with Crippen molar-refractivity contribution < 1.29 is 18.3 Å². The van der Waals surface area contributed by atoms with Crippen LogP contribution in [0.4, 0.5) is 14.5 Å². The number of hydrogen-bond acceptors (Lipinski definition) is 3. The number of anilines is 1. The summed E-state index contributed by atoms with van der Waals surface area (Å²) < 4.78 is 31.4. The first-order valence-corrected chi connectivity index (χ1v) is 5.72. The van der Waals surface area contributed by atoms with E-state index in [0.717, 1.165) is 6.07 Å². The first kappa shape index (κ1) is 12.9. The van der Waals surface area contributed by atoms with Gasteiger partial charge in [0.2, 0.25) is 5.91 Å². The predicted octanol–water partition coefficient (Wildman–Crippen LogP) is 1.28. The number of rotatable bonds is 3. The second kappa shape index (κ2) is 5.88. The Morgan fingerprint density at radius 1 is 1.50 bits per heavy atom. The van der Waals surface area contributed by atoms with E-state index in [2.05, 4.69) is 10.6 Å². The van der Waals surface area contributed by atoms with Gasteiger partial charge in [-0.05, 0) is 12.1 Å². The third-order valence-electron chi connectivity index (χ3n) is 2.66. The van der Waals surface area contributed by atoms with Crippen LogP contribution >= 0.6 is 0 Å². The first-order chi connectivity index (χ1) is 8.66. The molecule has 2 N–H and O–H groups in total. The number of ether oxygens (including phenoxy) is 1. The predicted molar refractivity (Wildman–Crippen MR) is 62.2 cm³/mol. The molecule has 1 aromatic rings. The summed E-state index contributed by atoms with van der Waals surface area (Å²) in [5, 5.41) is 5.46. The standard InChI is InChI=1S/C12H14F2N2O2/c13-9-2-1-3-10(12(9)14)16-11(17)6-8-7-18-5-4-15-8/h1-3,8,15H,4-7H2,(H,16,17).